The smallest absolute Gasteiger partial charge is 0.193 e. The summed E-state index contributed by atoms with van der Waals surface area (Å²) in [7, 11) is -0.261. The fourth-order valence-electron chi connectivity index (χ4n) is 3.00. The Hall–Kier alpha value is -3.20. The Kier molecular flexibility index (Phi) is 6.83. The fourth-order valence-corrected chi connectivity index (χ4v) is 4.24. The first-order chi connectivity index (χ1) is 14.4. The van der Waals surface area contributed by atoms with Gasteiger partial charge < -0.3 is 10.2 Å². The van der Waals surface area contributed by atoms with E-state index in [-0.39, 0.29) is 17.2 Å². The maximum Gasteiger partial charge on any atom is 0.193 e. The van der Waals surface area contributed by atoms with Gasteiger partial charge in [0.25, 0.3) is 0 Å². The van der Waals surface area contributed by atoms with Crippen molar-refractivity contribution in [2.24, 2.45) is 4.99 Å². The second-order valence-electron chi connectivity index (χ2n) is 6.71. The Morgan fingerprint density at radius 2 is 1.87 bits per heavy atom. The van der Waals surface area contributed by atoms with Crippen LogP contribution in [0.3, 0.4) is 0 Å². The molecule has 1 aromatic heterocycles. The average molecular weight is 430 g/mol. The number of halogens is 1. The van der Waals surface area contributed by atoms with E-state index in [0.717, 1.165) is 17.3 Å². The molecule has 0 unspecified atom stereocenters. The molecule has 0 saturated carbocycles. The lowest BCUT2D eigenvalue weighted by Gasteiger charge is -2.21. The van der Waals surface area contributed by atoms with E-state index in [1.165, 1.54) is 18.2 Å². The van der Waals surface area contributed by atoms with Crippen molar-refractivity contribution in [3.63, 3.8) is 0 Å². The van der Waals surface area contributed by atoms with E-state index in [2.05, 4.69) is 15.4 Å². The molecule has 158 valence electrons. The van der Waals surface area contributed by atoms with Crippen LogP contribution < -0.4 is 5.32 Å². The number of hydrogen-bond donors (Lipinski definition) is 1. The zero-order valence-corrected chi connectivity index (χ0v) is 17.7. The van der Waals surface area contributed by atoms with Gasteiger partial charge in [-0.05, 0) is 24.3 Å². The summed E-state index contributed by atoms with van der Waals surface area (Å²) >= 11 is 0. The van der Waals surface area contributed by atoms with Crippen LogP contribution in [-0.4, -0.2) is 55.5 Å². The zero-order chi connectivity index (χ0) is 21.6. The van der Waals surface area contributed by atoms with Crippen LogP contribution in [0, 0.1) is 5.82 Å². The second kappa shape index (κ2) is 9.53. The van der Waals surface area contributed by atoms with Crippen molar-refractivity contribution in [1.29, 1.82) is 0 Å². The molecule has 0 aliphatic rings. The molecular formula is C21H24FN5O2S. The van der Waals surface area contributed by atoms with Crippen molar-refractivity contribution in [2.75, 3.05) is 26.4 Å². The van der Waals surface area contributed by atoms with Gasteiger partial charge in [0.05, 0.1) is 17.6 Å². The lowest BCUT2D eigenvalue weighted by Crippen LogP contribution is -2.40. The zero-order valence-electron chi connectivity index (χ0n) is 16.9. The number of benzene rings is 2. The van der Waals surface area contributed by atoms with Gasteiger partial charge in [-0.15, -0.1) is 0 Å². The number of nitrogens with one attached hydrogen (secondary N) is 1. The average Bonchev–Trinajstić information content (AvgIpc) is 3.20. The molecule has 3 rings (SSSR count). The molecule has 0 atom stereocenters. The van der Waals surface area contributed by atoms with Gasteiger partial charge in [-0.1, -0.05) is 30.3 Å². The van der Waals surface area contributed by atoms with E-state index < -0.39 is 15.7 Å². The number of hydrogen-bond acceptors (Lipinski definition) is 4. The Bertz CT molecular complexity index is 1110. The van der Waals surface area contributed by atoms with Gasteiger partial charge in [0.1, 0.15) is 10.7 Å². The highest BCUT2D eigenvalue weighted by Crippen LogP contribution is 2.15. The van der Waals surface area contributed by atoms with Crippen LogP contribution in [0.25, 0.3) is 5.69 Å². The predicted octanol–water partition coefficient (Wildman–Crippen LogP) is 2.49. The van der Waals surface area contributed by atoms with Crippen LogP contribution in [0.2, 0.25) is 0 Å². The molecule has 3 aromatic rings. The maximum atomic E-state index is 13.8. The molecule has 0 saturated heterocycles. The monoisotopic (exact) mass is 429 g/mol. The Morgan fingerprint density at radius 1 is 1.17 bits per heavy atom. The SMILES string of the molecule is CN=C(NCCS(=O)(=O)c1ccccc1F)N(C)Cc1cnn(-c2ccccc2)c1. The maximum absolute atomic E-state index is 13.8. The molecule has 2 aromatic carbocycles. The van der Waals surface area contributed by atoms with Crippen molar-refractivity contribution < 1.29 is 12.8 Å². The number of sulfone groups is 1. The van der Waals surface area contributed by atoms with E-state index in [1.807, 2.05) is 48.5 Å². The number of aliphatic imine (C=N–C) groups is 1. The van der Waals surface area contributed by atoms with Crippen molar-refractivity contribution in [3.8, 4) is 5.69 Å². The van der Waals surface area contributed by atoms with Crippen molar-refractivity contribution >= 4 is 15.8 Å². The fraction of sp³-hybridized carbons (Fsp3) is 0.238. The molecule has 7 nitrogen and oxygen atoms in total. The van der Waals surface area contributed by atoms with Crippen LogP contribution in [0.15, 0.2) is 76.9 Å². The highest BCUT2D eigenvalue weighted by Gasteiger charge is 2.19. The number of nitrogens with zero attached hydrogens (tertiary/aromatic N) is 4. The molecule has 0 amide bonds. The first-order valence-corrected chi connectivity index (χ1v) is 11.0. The van der Waals surface area contributed by atoms with Crippen LogP contribution in [0.1, 0.15) is 5.56 Å². The summed E-state index contributed by atoms with van der Waals surface area (Å²) in [5.41, 5.74) is 1.94. The minimum absolute atomic E-state index is 0.108. The first kappa shape index (κ1) is 21.5. The summed E-state index contributed by atoms with van der Waals surface area (Å²) in [6, 6.07) is 15.2. The lowest BCUT2D eigenvalue weighted by molar-refractivity contribution is 0.478. The quantitative estimate of drug-likeness (QED) is 0.461. The first-order valence-electron chi connectivity index (χ1n) is 9.39. The summed E-state index contributed by atoms with van der Waals surface area (Å²) in [5.74, 6) is -0.451. The summed E-state index contributed by atoms with van der Waals surface area (Å²) in [5, 5.41) is 7.40. The van der Waals surface area contributed by atoms with Gasteiger partial charge in [-0.2, -0.15) is 5.10 Å². The molecule has 0 spiro atoms. The normalized spacial score (nSPS) is 12.0. The Labute approximate surface area is 175 Å². The molecule has 0 fully saturated rings. The predicted molar refractivity (Wildman–Crippen MR) is 115 cm³/mol. The van der Waals surface area contributed by atoms with Crippen molar-refractivity contribution in [1.82, 2.24) is 20.0 Å². The van der Waals surface area contributed by atoms with Gasteiger partial charge in [-0.25, -0.2) is 17.5 Å². The summed E-state index contributed by atoms with van der Waals surface area (Å²) < 4.78 is 40.3. The third-order valence-corrected chi connectivity index (χ3v) is 6.22. The Morgan fingerprint density at radius 3 is 2.57 bits per heavy atom. The minimum Gasteiger partial charge on any atom is -0.355 e. The molecule has 1 N–H and O–H groups in total. The molecule has 0 radical (unpaired) electrons. The largest absolute Gasteiger partial charge is 0.355 e. The molecule has 0 aliphatic carbocycles. The molecule has 9 heteroatoms. The molecule has 0 aliphatic heterocycles. The molecule has 0 bridgehead atoms. The van der Waals surface area contributed by atoms with E-state index in [9.17, 15) is 12.8 Å². The highest BCUT2D eigenvalue weighted by atomic mass is 32.2. The van der Waals surface area contributed by atoms with Gasteiger partial charge in [0.15, 0.2) is 15.8 Å². The molecule has 30 heavy (non-hydrogen) atoms. The minimum atomic E-state index is -3.73. The van der Waals surface area contributed by atoms with Gasteiger partial charge in [0, 0.05) is 38.9 Å². The van der Waals surface area contributed by atoms with Crippen LogP contribution >= 0.6 is 0 Å². The number of aromatic nitrogens is 2. The van der Waals surface area contributed by atoms with Crippen LogP contribution in [0.5, 0.6) is 0 Å². The second-order valence-corrected chi connectivity index (χ2v) is 8.79. The molecule has 1 heterocycles. The number of para-hydroxylation sites is 1. The molecular weight excluding hydrogens is 405 g/mol. The summed E-state index contributed by atoms with van der Waals surface area (Å²) in [6.07, 6.45) is 3.71. The highest BCUT2D eigenvalue weighted by molar-refractivity contribution is 7.91. The lowest BCUT2D eigenvalue weighted by atomic mass is 10.3. The third-order valence-electron chi connectivity index (χ3n) is 4.48. The van der Waals surface area contributed by atoms with Crippen molar-refractivity contribution in [3.05, 3.63) is 78.4 Å². The topological polar surface area (TPSA) is 79.6 Å². The standard InChI is InChI=1S/C21H24FN5O2S/c1-23-21(24-12-13-30(28,29)20-11-7-6-10-19(20)22)26(2)15-17-14-25-27(16-17)18-8-4-3-5-9-18/h3-11,14,16H,12-13,15H2,1-2H3,(H,23,24). The number of guanidine groups is 1. The van der Waals surface area contributed by atoms with Gasteiger partial charge >= 0.3 is 0 Å². The Balaban J connectivity index is 1.57. The number of rotatable bonds is 7. The van der Waals surface area contributed by atoms with Crippen LogP contribution in [0.4, 0.5) is 4.39 Å². The van der Waals surface area contributed by atoms with E-state index in [0.29, 0.717) is 12.5 Å². The van der Waals surface area contributed by atoms with Gasteiger partial charge in [-0.3, -0.25) is 4.99 Å². The summed E-state index contributed by atoms with van der Waals surface area (Å²) in [4.78, 5) is 5.77. The van der Waals surface area contributed by atoms with E-state index >= 15 is 0 Å². The van der Waals surface area contributed by atoms with E-state index in [4.69, 9.17) is 0 Å². The van der Waals surface area contributed by atoms with Gasteiger partial charge in [0.2, 0.25) is 0 Å². The third kappa shape index (κ3) is 5.24. The van der Waals surface area contributed by atoms with Crippen molar-refractivity contribution in [2.45, 2.75) is 11.4 Å². The van der Waals surface area contributed by atoms with Crippen LogP contribution in [-0.2, 0) is 16.4 Å². The van der Waals surface area contributed by atoms with E-state index in [1.54, 1.807) is 17.9 Å². The summed E-state index contributed by atoms with van der Waals surface area (Å²) in [6.45, 7) is 0.642.